The van der Waals surface area contributed by atoms with Crippen LogP contribution in [0.25, 0.3) is 64.6 Å². The number of carbonyl (C=O) groups is 1. The van der Waals surface area contributed by atoms with Gasteiger partial charge in [-0.3, -0.25) is 0 Å². The van der Waals surface area contributed by atoms with Crippen molar-refractivity contribution in [3.8, 4) is 0 Å². The molecule has 3 heteroatoms. The number of aliphatic carboxylic acids is 1. The van der Waals surface area contributed by atoms with Crippen molar-refractivity contribution < 1.29 is 9.90 Å². The monoisotopic (exact) mass is 489 g/mol. The zero-order valence-corrected chi connectivity index (χ0v) is 20.8. The lowest BCUT2D eigenvalue weighted by molar-refractivity contribution is -0.137. The fourth-order valence-electron chi connectivity index (χ4n) is 6.53. The van der Waals surface area contributed by atoms with Crippen LogP contribution >= 0.6 is 0 Å². The second-order valence-corrected chi connectivity index (χ2v) is 10.3. The van der Waals surface area contributed by atoms with Gasteiger partial charge in [0, 0.05) is 16.5 Å². The third-order valence-electron chi connectivity index (χ3n) is 8.26. The first-order valence-corrected chi connectivity index (χ1v) is 13.0. The van der Waals surface area contributed by atoms with Crippen molar-refractivity contribution in [2.75, 3.05) is 4.90 Å². The smallest absolute Gasteiger partial charge is 0.326 e. The molecule has 0 heterocycles. The van der Waals surface area contributed by atoms with Gasteiger partial charge < -0.3 is 10.0 Å². The molecule has 3 nitrogen and oxygen atoms in total. The number of carboxylic acids is 1. The summed E-state index contributed by atoms with van der Waals surface area (Å²) in [5.74, 6) is -0.860. The summed E-state index contributed by atoms with van der Waals surface area (Å²) in [6, 6.07) is 37.6. The molecule has 0 aromatic heterocycles. The zero-order chi connectivity index (χ0) is 25.5. The zero-order valence-electron chi connectivity index (χ0n) is 20.8. The summed E-state index contributed by atoms with van der Waals surface area (Å²) in [7, 11) is 0. The maximum atomic E-state index is 12.6. The molecule has 0 unspecified atom stereocenters. The molecular weight excluding hydrogens is 466 g/mol. The lowest BCUT2D eigenvalue weighted by Crippen LogP contribution is -2.35. The van der Waals surface area contributed by atoms with Gasteiger partial charge in [-0.2, -0.15) is 0 Å². The van der Waals surface area contributed by atoms with Crippen LogP contribution in [0.15, 0.2) is 109 Å². The quantitative estimate of drug-likeness (QED) is 0.251. The summed E-state index contributed by atoms with van der Waals surface area (Å²) in [5, 5.41) is 24.3. The number of hydrogen-bond donors (Lipinski definition) is 1. The van der Waals surface area contributed by atoms with E-state index in [0.717, 1.165) is 38.3 Å². The fraction of sp³-hybridized carbons (Fsp3) is 0.0571. The topological polar surface area (TPSA) is 40.5 Å². The number of anilines is 2. The fourth-order valence-corrected chi connectivity index (χ4v) is 6.53. The van der Waals surface area contributed by atoms with Gasteiger partial charge in [-0.25, -0.2) is 4.79 Å². The Kier molecular flexibility index (Phi) is 4.22. The SMILES string of the molecule is C[C@@H](C(=O)O)N(c1ccc2ccc3cccc4ccc1c2c34)c1cc2cccc3ccc4cccc1c4c32. The first-order valence-electron chi connectivity index (χ1n) is 13.0. The summed E-state index contributed by atoms with van der Waals surface area (Å²) in [6.45, 7) is 1.78. The van der Waals surface area contributed by atoms with Crippen LogP contribution in [-0.4, -0.2) is 17.1 Å². The largest absolute Gasteiger partial charge is 0.480 e. The molecule has 1 atom stereocenters. The highest BCUT2D eigenvalue weighted by molar-refractivity contribution is 6.28. The Morgan fingerprint density at radius 2 is 1.00 bits per heavy atom. The van der Waals surface area contributed by atoms with E-state index >= 15 is 0 Å². The molecule has 0 radical (unpaired) electrons. The Labute approximate surface area is 218 Å². The van der Waals surface area contributed by atoms with E-state index in [2.05, 4.69) is 109 Å². The Bertz CT molecular complexity index is 2180. The van der Waals surface area contributed by atoms with Gasteiger partial charge in [0.05, 0.1) is 5.69 Å². The molecule has 1 N–H and O–H groups in total. The number of nitrogens with zero attached hydrogens (tertiary/aromatic N) is 1. The van der Waals surface area contributed by atoms with Crippen molar-refractivity contribution in [1.82, 2.24) is 0 Å². The standard InChI is InChI=1S/C35H23NO2/c1-20(35(37)38)36(29-18-16-25-14-12-21-5-2-6-23-15-17-28(29)34(25)31(21)23)30-19-26-9-3-7-22-11-13-24-8-4-10-27(30)33(24)32(22)26/h2-20H,1H3,(H,37,38)/t20-/m0/s1. The summed E-state index contributed by atoms with van der Waals surface area (Å²) >= 11 is 0. The maximum absolute atomic E-state index is 12.6. The van der Waals surface area contributed by atoms with Gasteiger partial charge >= 0.3 is 5.97 Å². The minimum atomic E-state index is -0.860. The molecule has 0 bridgehead atoms. The van der Waals surface area contributed by atoms with Gasteiger partial charge in [0.1, 0.15) is 6.04 Å². The van der Waals surface area contributed by atoms with Crippen LogP contribution in [0.2, 0.25) is 0 Å². The average Bonchev–Trinajstić information content (AvgIpc) is 2.95. The number of hydrogen-bond acceptors (Lipinski definition) is 2. The lowest BCUT2D eigenvalue weighted by atomic mass is 9.91. The van der Waals surface area contributed by atoms with Crippen molar-refractivity contribution in [1.29, 1.82) is 0 Å². The van der Waals surface area contributed by atoms with E-state index in [-0.39, 0.29) is 0 Å². The van der Waals surface area contributed by atoms with E-state index in [1.165, 1.54) is 37.7 Å². The minimum absolute atomic E-state index is 0.778. The molecule has 8 aromatic rings. The predicted octanol–water partition coefficient (Wildman–Crippen LogP) is 9.09. The summed E-state index contributed by atoms with van der Waals surface area (Å²) in [5.41, 5.74) is 1.81. The second kappa shape index (κ2) is 7.56. The number of benzene rings is 8. The van der Waals surface area contributed by atoms with Crippen molar-refractivity contribution in [2.24, 2.45) is 0 Å². The van der Waals surface area contributed by atoms with Crippen molar-refractivity contribution in [2.45, 2.75) is 13.0 Å². The summed E-state index contributed by atoms with van der Waals surface area (Å²) < 4.78 is 0. The Hall–Kier alpha value is -4.89. The Balaban J connectivity index is 1.52. The van der Waals surface area contributed by atoms with E-state index < -0.39 is 12.0 Å². The van der Waals surface area contributed by atoms with E-state index in [1.54, 1.807) is 6.92 Å². The molecule has 0 fully saturated rings. The van der Waals surface area contributed by atoms with Crippen LogP contribution in [0.5, 0.6) is 0 Å². The van der Waals surface area contributed by atoms with E-state index in [1.807, 2.05) is 4.90 Å². The molecule has 38 heavy (non-hydrogen) atoms. The first-order chi connectivity index (χ1) is 18.6. The normalized spacial score (nSPS) is 13.0. The second-order valence-electron chi connectivity index (χ2n) is 10.3. The highest BCUT2D eigenvalue weighted by atomic mass is 16.4. The van der Waals surface area contributed by atoms with Crippen molar-refractivity contribution in [3.05, 3.63) is 109 Å². The number of carboxylic acid groups (broad SMARTS) is 1. The van der Waals surface area contributed by atoms with Crippen molar-refractivity contribution >= 4 is 82.0 Å². The summed E-state index contributed by atoms with van der Waals surface area (Å²) in [4.78, 5) is 14.7. The van der Waals surface area contributed by atoms with Crippen LogP contribution in [-0.2, 0) is 4.79 Å². The third-order valence-corrected chi connectivity index (χ3v) is 8.26. The maximum Gasteiger partial charge on any atom is 0.326 e. The van der Waals surface area contributed by atoms with Crippen LogP contribution in [0, 0.1) is 0 Å². The highest BCUT2D eigenvalue weighted by Crippen LogP contribution is 2.46. The molecule has 0 saturated heterocycles. The molecule has 8 rings (SSSR count). The van der Waals surface area contributed by atoms with Gasteiger partial charge in [-0.1, -0.05) is 97.1 Å². The molecule has 8 aromatic carbocycles. The van der Waals surface area contributed by atoms with Gasteiger partial charge in [-0.05, 0) is 72.9 Å². The first kappa shape index (κ1) is 21.2. The third kappa shape index (κ3) is 2.76. The molecular formula is C35H23NO2. The molecule has 0 amide bonds. The van der Waals surface area contributed by atoms with E-state index in [9.17, 15) is 9.90 Å². The Morgan fingerprint density at radius 3 is 1.63 bits per heavy atom. The summed E-state index contributed by atoms with van der Waals surface area (Å²) in [6.07, 6.45) is 0. The molecule has 0 aliphatic rings. The lowest BCUT2D eigenvalue weighted by Gasteiger charge is -2.32. The molecule has 0 aliphatic heterocycles. The van der Waals surface area contributed by atoms with E-state index in [4.69, 9.17) is 0 Å². The number of rotatable bonds is 4. The molecule has 0 spiro atoms. The van der Waals surface area contributed by atoms with Gasteiger partial charge in [0.15, 0.2) is 0 Å². The van der Waals surface area contributed by atoms with Crippen LogP contribution in [0.1, 0.15) is 6.92 Å². The highest BCUT2D eigenvalue weighted by Gasteiger charge is 2.27. The minimum Gasteiger partial charge on any atom is -0.480 e. The van der Waals surface area contributed by atoms with Gasteiger partial charge in [0.25, 0.3) is 0 Å². The van der Waals surface area contributed by atoms with Crippen LogP contribution in [0.3, 0.4) is 0 Å². The predicted molar refractivity (Wildman–Crippen MR) is 160 cm³/mol. The average molecular weight is 490 g/mol. The van der Waals surface area contributed by atoms with Crippen LogP contribution < -0.4 is 4.90 Å². The van der Waals surface area contributed by atoms with Gasteiger partial charge in [0.2, 0.25) is 0 Å². The Morgan fingerprint density at radius 1 is 0.553 bits per heavy atom. The van der Waals surface area contributed by atoms with Gasteiger partial charge in [-0.15, -0.1) is 0 Å². The van der Waals surface area contributed by atoms with E-state index in [0.29, 0.717) is 0 Å². The molecule has 180 valence electrons. The molecule has 0 aliphatic carbocycles. The van der Waals surface area contributed by atoms with Crippen molar-refractivity contribution in [3.63, 3.8) is 0 Å². The molecule has 0 saturated carbocycles. The van der Waals surface area contributed by atoms with Crippen LogP contribution in [0.4, 0.5) is 11.4 Å².